The Morgan fingerprint density at radius 1 is 1.21 bits per heavy atom. The van der Waals surface area contributed by atoms with Crippen LogP contribution in [-0.4, -0.2) is 51.9 Å². The number of aliphatic carboxylic acids is 1. The van der Waals surface area contributed by atoms with E-state index >= 15 is 0 Å². The van der Waals surface area contributed by atoms with E-state index in [0.29, 0.717) is 12.8 Å². The highest BCUT2D eigenvalue weighted by Gasteiger charge is 2.41. The van der Waals surface area contributed by atoms with Crippen molar-refractivity contribution in [1.29, 1.82) is 0 Å². The Kier molecular flexibility index (Phi) is 5.33. The van der Waals surface area contributed by atoms with Crippen LogP contribution in [-0.2, 0) is 24.8 Å². The Bertz CT molecular complexity index is 835. The van der Waals surface area contributed by atoms with E-state index in [1.165, 1.54) is 38.2 Å². The Morgan fingerprint density at radius 3 is 2.33 bits per heavy atom. The summed E-state index contributed by atoms with van der Waals surface area (Å²) in [7, 11) is -6.92. The van der Waals surface area contributed by atoms with Crippen LogP contribution >= 0.6 is 0 Å². The third-order valence-corrected chi connectivity index (χ3v) is 7.89. The molecule has 1 aromatic rings. The molecule has 1 heterocycles. The van der Waals surface area contributed by atoms with Crippen LogP contribution in [0.5, 0.6) is 0 Å². The van der Waals surface area contributed by atoms with Gasteiger partial charge in [-0.2, -0.15) is 4.31 Å². The molecule has 0 radical (unpaired) electrons. The normalized spacial score (nSPS) is 23.1. The summed E-state index contributed by atoms with van der Waals surface area (Å²) in [6.45, 7) is 1.69. The second kappa shape index (κ2) is 6.79. The largest absolute Gasteiger partial charge is 0.481 e. The number of hydrogen-bond acceptors (Lipinski definition) is 5. The van der Waals surface area contributed by atoms with E-state index in [1.807, 2.05) is 0 Å². The van der Waals surface area contributed by atoms with Crippen molar-refractivity contribution in [2.45, 2.75) is 35.6 Å². The van der Waals surface area contributed by atoms with E-state index in [0.717, 1.165) is 4.31 Å². The van der Waals surface area contributed by atoms with Crippen molar-refractivity contribution in [3.63, 3.8) is 0 Å². The topological polar surface area (TPSA) is 121 Å². The van der Waals surface area contributed by atoms with Crippen LogP contribution in [0.1, 0.15) is 19.8 Å². The van der Waals surface area contributed by atoms with E-state index < -0.39 is 38.0 Å². The van der Waals surface area contributed by atoms with Gasteiger partial charge < -0.3 is 5.11 Å². The van der Waals surface area contributed by atoms with Crippen LogP contribution in [0.15, 0.2) is 34.1 Å². The zero-order valence-corrected chi connectivity index (χ0v) is 15.0. The number of nitrogens with zero attached hydrogens (tertiary/aromatic N) is 1. The maximum atomic E-state index is 13.0. The molecule has 0 saturated carbocycles. The molecular weight excluding hydrogens is 356 g/mol. The van der Waals surface area contributed by atoms with Crippen LogP contribution in [0.4, 0.5) is 0 Å². The van der Waals surface area contributed by atoms with Crippen LogP contribution in [0, 0.1) is 5.92 Å². The minimum Gasteiger partial charge on any atom is -0.481 e. The molecule has 2 N–H and O–H groups in total. The second-order valence-electron chi connectivity index (χ2n) is 5.60. The van der Waals surface area contributed by atoms with Gasteiger partial charge in [0.2, 0.25) is 20.0 Å². The van der Waals surface area contributed by atoms with Crippen molar-refractivity contribution in [3.05, 3.63) is 24.3 Å². The molecule has 0 amide bonds. The van der Waals surface area contributed by atoms with Gasteiger partial charge in [0.15, 0.2) is 0 Å². The number of carbonyl (C=O) groups is 1. The monoisotopic (exact) mass is 376 g/mol. The van der Waals surface area contributed by atoms with Crippen LogP contribution in [0.3, 0.4) is 0 Å². The average Bonchev–Trinajstić information content (AvgIpc) is 2.54. The smallest absolute Gasteiger partial charge is 0.308 e. The molecule has 0 spiro atoms. The lowest BCUT2D eigenvalue weighted by Gasteiger charge is -2.36. The molecule has 1 aliphatic rings. The number of benzene rings is 1. The van der Waals surface area contributed by atoms with Gasteiger partial charge in [-0.15, -0.1) is 0 Å². The SMILES string of the molecule is CNS(=O)(=O)c1ccccc1S(=O)(=O)N1CCC[C@H](C(=O)O)[C@@H]1C. The zero-order valence-electron chi connectivity index (χ0n) is 13.3. The van der Waals surface area contributed by atoms with Gasteiger partial charge in [0.05, 0.1) is 5.92 Å². The number of sulfonamides is 2. The van der Waals surface area contributed by atoms with Crippen LogP contribution < -0.4 is 4.72 Å². The molecule has 24 heavy (non-hydrogen) atoms. The lowest BCUT2D eigenvalue weighted by atomic mass is 9.92. The van der Waals surface area contributed by atoms with Gasteiger partial charge in [0.25, 0.3) is 0 Å². The van der Waals surface area contributed by atoms with Crippen molar-refractivity contribution in [2.24, 2.45) is 5.92 Å². The number of rotatable bonds is 5. The molecule has 2 rings (SSSR count). The van der Waals surface area contributed by atoms with Gasteiger partial charge in [-0.1, -0.05) is 12.1 Å². The van der Waals surface area contributed by atoms with E-state index in [4.69, 9.17) is 0 Å². The minimum absolute atomic E-state index is 0.154. The predicted octanol–water partition coefficient (Wildman–Crippen LogP) is 0.468. The number of carboxylic acids is 1. The first-order valence-electron chi connectivity index (χ1n) is 7.40. The van der Waals surface area contributed by atoms with Crippen molar-refractivity contribution in [1.82, 2.24) is 9.03 Å². The molecule has 10 heteroatoms. The molecular formula is C14H20N2O6S2. The Morgan fingerprint density at radius 2 is 1.79 bits per heavy atom. The molecule has 1 saturated heterocycles. The van der Waals surface area contributed by atoms with Crippen molar-refractivity contribution >= 4 is 26.0 Å². The molecule has 1 aromatic carbocycles. The summed E-state index contributed by atoms with van der Waals surface area (Å²) in [4.78, 5) is 10.6. The van der Waals surface area contributed by atoms with Gasteiger partial charge in [0.1, 0.15) is 9.79 Å². The quantitative estimate of drug-likeness (QED) is 0.770. The van der Waals surface area contributed by atoms with Crippen molar-refractivity contribution in [2.75, 3.05) is 13.6 Å². The number of hydrogen-bond donors (Lipinski definition) is 2. The summed E-state index contributed by atoms with van der Waals surface area (Å²) >= 11 is 0. The first kappa shape index (κ1) is 18.8. The van der Waals surface area contributed by atoms with Crippen LogP contribution in [0.2, 0.25) is 0 Å². The Labute approximate surface area is 141 Å². The first-order valence-corrected chi connectivity index (χ1v) is 10.3. The summed E-state index contributed by atoms with van der Waals surface area (Å²) < 4.78 is 53.4. The minimum atomic E-state index is -4.15. The van der Waals surface area contributed by atoms with E-state index in [2.05, 4.69) is 4.72 Å². The molecule has 0 aliphatic carbocycles. The lowest BCUT2D eigenvalue weighted by Crippen LogP contribution is -2.49. The Hall–Kier alpha value is -1.49. The molecule has 1 fully saturated rings. The molecule has 8 nitrogen and oxygen atoms in total. The molecule has 2 atom stereocenters. The van der Waals surface area contributed by atoms with E-state index in [1.54, 1.807) is 0 Å². The molecule has 1 aliphatic heterocycles. The van der Waals surface area contributed by atoms with Gasteiger partial charge >= 0.3 is 5.97 Å². The van der Waals surface area contributed by atoms with Gasteiger partial charge in [-0.25, -0.2) is 21.6 Å². The van der Waals surface area contributed by atoms with Crippen LogP contribution in [0.25, 0.3) is 0 Å². The highest BCUT2D eigenvalue weighted by molar-refractivity contribution is 7.92. The van der Waals surface area contributed by atoms with Crippen molar-refractivity contribution < 1.29 is 26.7 Å². The lowest BCUT2D eigenvalue weighted by molar-refractivity contribution is -0.144. The maximum Gasteiger partial charge on any atom is 0.308 e. The standard InChI is InChI=1S/C14H20N2O6S2/c1-10-11(14(17)18)6-5-9-16(10)24(21,22)13-8-4-3-7-12(13)23(19,20)15-2/h3-4,7-8,10-11,15H,5-6,9H2,1-2H3,(H,17,18)/t10-,11-/m0/s1. The third kappa shape index (κ3) is 3.32. The summed E-state index contributed by atoms with van der Waals surface area (Å²) in [5, 5.41) is 9.26. The number of carboxylic acid groups (broad SMARTS) is 1. The van der Waals surface area contributed by atoms with Crippen molar-refractivity contribution in [3.8, 4) is 0 Å². The second-order valence-corrected chi connectivity index (χ2v) is 9.31. The zero-order chi connectivity index (χ0) is 18.1. The summed E-state index contributed by atoms with van der Waals surface area (Å²) in [6.07, 6.45) is 0.792. The number of nitrogens with one attached hydrogen (secondary N) is 1. The number of piperidine rings is 1. The van der Waals surface area contributed by atoms with Gasteiger partial charge in [-0.05, 0) is 38.9 Å². The van der Waals surface area contributed by atoms with E-state index in [9.17, 15) is 26.7 Å². The fourth-order valence-corrected chi connectivity index (χ4v) is 6.14. The Balaban J connectivity index is 2.54. The fraction of sp³-hybridized carbons (Fsp3) is 0.500. The molecule has 0 aromatic heterocycles. The maximum absolute atomic E-state index is 13.0. The summed E-state index contributed by atoms with van der Waals surface area (Å²) in [6, 6.07) is 4.54. The van der Waals surface area contributed by atoms with Gasteiger partial charge in [-0.3, -0.25) is 4.79 Å². The third-order valence-electron chi connectivity index (χ3n) is 4.24. The molecule has 134 valence electrons. The highest BCUT2D eigenvalue weighted by Crippen LogP contribution is 2.31. The fourth-order valence-electron chi connectivity index (χ4n) is 2.90. The summed E-state index contributed by atoms with van der Waals surface area (Å²) in [5.41, 5.74) is 0. The van der Waals surface area contributed by atoms with E-state index in [-0.39, 0.29) is 16.3 Å². The average molecular weight is 376 g/mol. The predicted molar refractivity (Wildman–Crippen MR) is 86.4 cm³/mol. The first-order chi connectivity index (χ1) is 11.1. The molecule has 0 bridgehead atoms. The molecule has 0 unspecified atom stereocenters. The van der Waals surface area contributed by atoms with Gasteiger partial charge in [0, 0.05) is 12.6 Å². The summed E-state index contributed by atoms with van der Waals surface area (Å²) in [5.74, 6) is -1.87. The highest BCUT2D eigenvalue weighted by atomic mass is 32.2.